The van der Waals surface area contributed by atoms with E-state index in [-0.39, 0.29) is 0 Å². The first-order valence-corrected chi connectivity index (χ1v) is 6.95. The molecule has 0 radical (unpaired) electrons. The molecule has 1 heterocycles. The van der Waals surface area contributed by atoms with E-state index < -0.39 is 0 Å². The third kappa shape index (κ3) is 5.84. The van der Waals surface area contributed by atoms with Gasteiger partial charge < -0.3 is 10.6 Å². The molecule has 0 amide bonds. The molecule has 1 rings (SSSR count). The van der Waals surface area contributed by atoms with Crippen molar-refractivity contribution in [2.75, 3.05) is 23.7 Å². The fraction of sp³-hybridized carbons (Fsp3) is 0.714. The van der Waals surface area contributed by atoms with Gasteiger partial charge in [-0.05, 0) is 25.7 Å². The Labute approximate surface area is 111 Å². The van der Waals surface area contributed by atoms with Crippen molar-refractivity contribution >= 4 is 11.8 Å². The first-order valence-electron chi connectivity index (χ1n) is 6.95. The maximum Gasteiger partial charge on any atom is 0.224 e. The smallest absolute Gasteiger partial charge is 0.224 e. The highest BCUT2D eigenvalue weighted by molar-refractivity contribution is 5.42. The van der Waals surface area contributed by atoms with E-state index in [1.54, 1.807) is 0 Å². The summed E-state index contributed by atoms with van der Waals surface area (Å²) in [6, 6.07) is 1.99. The van der Waals surface area contributed by atoms with Crippen molar-refractivity contribution in [3.8, 4) is 0 Å². The number of hydrogen-bond acceptors (Lipinski definition) is 4. The molecule has 0 spiro atoms. The van der Waals surface area contributed by atoms with Gasteiger partial charge in [0, 0.05) is 24.8 Å². The van der Waals surface area contributed by atoms with E-state index in [4.69, 9.17) is 0 Å². The highest BCUT2D eigenvalue weighted by Gasteiger charge is 2.02. The quantitative estimate of drug-likeness (QED) is 0.694. The Morgan fingerprint density at radius 1 is 1.17 bits per heavy atom. The van der Waals surface area contributed by atoms with Crippen molar-refractivity contribution in [2.24, 2.45) is 5.92 Å². The van der Waals surface area contributed by atoms with Crippen LogP contribution >= 0.6 is 0 Å². The molecule has 0 bridgehead atoms. The maximum absolute atomic E-state index is 4.47. The van der Waals surface area contributed by atoms with Crippen molar-refractivity contribution in [3.05, 3.63) is 11.8 Å². The summed E-state index contributed by atoms with van der Waals surface area (Å²) in [4.78, 5) is 8.87. The maximum atomic E-state index is 4.47. The van der Waals surface area contributed by atoms with Gasteiger partial charge in [-0.2, -0.15) is 4.98 Å². The molecular formula is C14H26N4. The lowest BCUT2D eigenvalue weighted by molar-refractivity contribution is 0.606. The number of anilines is 2. The van der Waals surface area contributed by atoms with Crippen LogP contribution in [-0.4, -0.2) is 23.1 Å². The predicted octanol–water partition coefficient (Wildman–Crippen LogP) is 3.46. The monoisotopic (exact) mass is 250 g/mol. The molecule has 1 aromatic rings. The van der Waals surface area contributed by atoms with Crippen LogP contribution in [-0.2, 0) is 0 Å². The highest BCUT2D eigenvalue weighted by atomic mass is 15.1. The Bertz CT molecular complexity index is 350. The van der Waals surface area contributed by atoms with Gasteiger partial charge in [-0.3, -0.25) is 0 Å². The van der Waals surface area contributed by atoms with E-state index in [2.05, 4.69) is 41.4 Å². The van der Waals surface area contributed by atoms with Gasteiger partial charge in [0.05, 0.1) is 0 Å². The van der Waals surface area contributed by atoms with Crippen LogP contribution in [0.15, 0.2) is 6.07 Å². The lowest BCUT2D eigenvalue weighted by Crippen LogP contribution is -2.10. The average Bonchev–Trinajstić information content (AvgIpc) is 2.28. The summed E-state index contributed by atoms with van der Waals surface area (Å²) < 4.78 is 0. The fourth-order valence-electron chi connectivity index (χ4n) is 1.60. The summed E-state index contributed by atoms with van der Waals surface area (Å²) in [5.41, 5.74) is 0.996. The number of nitrogens with one attached hydrogen (secondary N) is 2. The molecule has 0 aromatic carbocycles. The standard InChI is InChI=1S/C14H26N4/c1-5-6-8-15-13-10-12(4)17-14(18-13)16-9-7-11(2)3/h10-11H,5-9H2,1-4H3,(H2,15,16,17,18). The van der Waals surface area contributed by atoms with Crippen LogP contribution in [0.3, 0.4) is 0 Å². The third-order valence-electron chi connectivity index (χ3n) is 2.70. The summed E-state index contributed by atoms with van der Waals surface area (Å²) in [5.74, 6) is 2.35. The largest absolute Gasteiger partial charge is 0.370 e. The van der Waals surface area contributed by atoms with Gasteiger partial charge >= 0.3 is 0 Å². The molecule has 0 fully saturated rings. The zero-order chi connectivity index (χ0) is 13.4. The van der Waals surface area contributed by atoms with Crippen LogP contribution in [0.5, 0.6) is 0 Å². The average molecular weight is 250 g/mol. The van der Waals surface area contributed by atoms with Gasteiger partial charge in [0.15, 0.2) is 0 Å². The van der Waals surface area contributed by atoms with E-state index in [1.807, 2.05) is 13.0 Å². The molecule has 1 aromatic heterocycles. The van der Waals surface area contributed by atoms with Crippen molar-refractivity contribution in [2.45, 2.75) is 47.0 Å². The van der Waals surface area contributed by atoms with E-state index >= 15 is 0 Å². The number of aromatic nitrogens is 2. The number of unbranched alkanes of at least 4 members (excludes halogenated alkanes) is 1. The number of nitrogens with zero attached hydrogens (tertiary/aromatic N) is 2. The molecular weight excluding hydrogens is 224 g/mol. The van der Waals surface area contributed by atoms with E-state index in [0.717, 1.165) is 37.0 Å². The molecule has 0 atom stereocenters. The normalized spacial score (nSPS) is 10.7. The third-order valence-corrected chi connectivity index (χ3v) is 2.70. The predicted molar refractivity (Wildman–Crippen MR) is 78.1 cm³/mol. The summed E-state index contributed by atoms with van der Waals surface area (Å²) >= 11 is 0. The zero-order valence-electron chi connectivity index (χ0n) is 12.1. The van der Waals surface area contributed by atoms with E-state index in [1.165, 1.54) is 12.8 Å². The Hall–Kier alpha value is -1.32. The van der Waals surface area contributed by atoms with E-state index in [9.17, 15) is 0 Å². The first kappa shape index (κ1) is 14.7. The van der Waals surface area contributed by atoms with Crippen molar-refractivity contribution in [1.82, 2.24) is 9.97 Å². The SMILES string of the molecule is CCCCNc1cc(C)nc(NCCC(C)C)n1. The minimum Gasteiger partial charge on any atom is -0.370 e. The molecule has 0 aliphatic heterocycles. The van der Waals surface area contributed by atoms with Crippen LogP contribution < -0.4 is 10.6 Å². The molecule has 4 nitrogen and oxygen atoms in total. The molecule has 0 saturated heterocycles. The molecule has 102 valence electrons. The minimum atomic E-state index is 0.699. The second-order valence-corrected chi connectivity index (χ2v) is 5.11. The number of rotatable bonds is 8. The lowest BCUT2D eigenvalue weighted by atomic mass is 10.1. The van der Waals surface area contributed by atoms with Crippen molar-refractivity contribution < 1.29 is 0 Å². The molecule has 0 saturated carbocycles. The molecule has 0 aliphatic carbocycles. The molecule has 0 aliphatic rings. The van der Waals surface area contributed by atoms with Crippen molar-refractivity contribution in [3.63, 3.8) is 0 Å². The second-order valence-electron chi connectivity index (χ2n) is 5.11. The Balaban J connectivity index is 2.51. The fourth-order valence-corrected chi connectivity index (χ4v) is 1.60. The van der Waals surface area contributed by atoms with Gasteiger partial charge in [0.25, 0.3) is 0 Å². The summed E-state index contributed by atoms with van der Waals surface area (Å²) in [6.07, 6.45) is 3.49. The Morgan fingerprint density at radius 3 is 2.61 bits per heavy atom. The Kier molecular flexibility index (Phi) is 6.47. The summed E-state index contributed by atoms with van der Waals surface area (Å²) in [6.45, 7) is 10.5. The van der Waals surface area contributed by atoms with E-state index in [0.29, 0.717) is 5.92 Å². The van der Waals surface area contributed by atoms with Gasteiger partial charge in [-0.15, -0.1) is 0 Å². The highest BCUT2D eigenvalue weighted by Crippen LogP contribution is 2.10. The lowest BCUT2D eigenvalue weighted by Gasteiger charge is -2.10. The number of aryl methyl sites for hydroxylation is 1. The zero-order valence-corrected chi connectivity index (χ0v) is 12.1. The summed E-state index contributed by atoms with van der Waals surface area (Å²) in [7, 11) is 0. The van der Waals surface area contributed by atoms with Gasteiger partial charge in [0.1, 0.15) is 5.82 Å². The summed E-state index contributed by atoms with van der Waals surface area (Å²) in [5, 5.41) is 6.62. The van der Waals surface area contributed by atoms with Gasteiger partial charge in [-0.1, -0.05) is 27.2 Å². The molecule has 18 heavy (non-hydrogen) atoms. The van der Waals surface area contributed by atoms with Crippen LogP contribution in [0.4, 0.5) is 11.8 Å². The van der Waals surface area contributed by atoms with Crippen LogP contribution in [0.1, 0.15) is 45.7 Å². The molecule has 2 N–H and O–H groups in total. The van der Waals surface area contributed by atoms with Crippen LogP contribution in [0, 0.1) is 12.8 Å². The minimum absolute atomic E-state index is 0.699. The Morgan fingerprint density at radius 2 is 1.94 bits per heavy atom. The molecule has 0 unspecified atom stereocenters. The van der Waals surface area contributed by atoms with Crippen LogP contribution in [0.2, 0.25) is 0 Å². The van der Waals surface area contributed by atoms with Crippen molar-refractivity contribution in [1.29, 1.82) is 0 Å². The first-order chi connectivity index (χ1) is 8.61. The number of hydrogen-bond donors (Lipinski definition) is 2. The van der Waals surface area contributed by atoms with Gasteiger partial charge in [-0.25, -0.2) is 4.98 Å². The topological polar surface area (TPSA) is 49.8 Å². The second kappa shape index (κ2) is 7.90. The molecule has 4 heteroatoms. The van der Waals surface area contributed by atoms with Gasteiger partial charge in [0.2, 0.25) is 5.95 Å². The van der Waals surface area contributed by atoms with Crippen LogP contribution in [0.25, 0.3) is 0 Å².